The fourth-order valence-electron chi connectivity index (χ4n) is 3.45. The maximum atomic E-state index is 12.6. The largest absolute Gasteiger partial charge is 0.365 e. The molecule has 2 aromatic heterocycles. The molecule has 1 N–H and O–H groups in total. The van der Waals surface area contributed by atoms with Gasteiger partial charge in [-0.25, -0.2) is 9.97 Å². The van der Waals surface area contributed by atoms with Crippen molar-refractivity contribution >= 4 is 17.4 Å². The topological polar surface area (TPSA) is 114 Å². The van der Waals surface area contributed by atoms with Crippen LogP contribution in [0.15, 0.2) is 54.7 Å². The van der Waals surface area contributed by atoms with Crippen LogP contribution < -0.4 is 5.32 Å². The van der Waals surface area contributed by atoms with Crippen molar-refractivity contribution in [3.8, 4) is 11.4 Å². The summed E-state index contributed by atoms with van der Waals surface area (Å²) in [5, 5.41) is 14.4. The molecule has 3 aromatic rings. The first-order valence-electron chi connectivity index (χ1n) is 9.57. The van der Waals surface area contributed by atoms with E-state index in [1.807, 2.05) is 13.0 Å². The number of hydrogen-bond acceptors (Lipinski definition) is 7. The molecular weight excluding hydrogens is 384 g/mol. The van der Waals surface area contributed by atoms with Crippen molar-refractivity contribution in [3.63, 3.8) is 0 Å². The second-order valence-corrected chi connectivity index (χ2v) is 7.12. The average Bonchev–Trinajstić information content (AvgIpc) is 3.22. The zero-order chi connectivity index (χ0) is 21.1. The highest BCUT2D eigenvalue weighted by Gasteiger charge is 2.27. The lowest BCUT2D eigenvalue weighted by atomic mass is 10.2. The number of benzene rings is 1. The summed E-state index contributed by atoms with van der Waals surface area (Å²) in [5.41, 5.74) is 1.75. The Labute approximate surface area is 173 Å². The van der Waals surface area contributed by atoms with Crippen LogP contribution in [-0.2, 0) is 0 Å². The Kier molecular flexibility index (Phi) is 5.34. The molecule has 9 nitrogen and oxygen atoms in total. The first kappa shape index (κ1) is 19.4. The third kappa shape index (κ3) is 4.24. The molecule has 0 aliphatic carbocycles. The van der Waals surface area contributed by atoms with Crippen LogP contribution in [-0.4, -0.2) is 49.8 Å². The number of non-ortho nitro benzene ring substituents is 1. The van der Waals surface area contributed by atoms with E-state index < -0.39 is 4.92 Å². The van der Waals surface area contributed by atoms with Gasteiger partial charge < -0.3 is 10.2 Å². The van der Waals surface area contributed by atoms with Gasteiger partial charge in [0.25, 0.3) is 11.6 Å². The van der Waals surface area contributed by atoms with Crippen LogP contribution in [0.1, 0.15) is 22.6 Å². The number of amides is 1. The predicted molar refractivity (Wildman–Crippen MR) is 111 cm³/mol. The minimum Gasteiger partial charge on any atom is -0.365 e. The molecule has 30 heavy (non-hydrogen) atoms. The average molecular weight is 404 g/mol. The number of nitrogens with zero attached hydrogens (tertiary/aromatic N) is 5. The number of nitro groups is 1. The van der Waals surface area contributed by atoms with Crippen LogP contribution in [0.3, 0.4) is 0 Å². The molecule has 9 heteroatoms. The molecule has 1 aromatic carbocycles. The molecule has 3 heterocycles. The Balaban J connectivity index is 1.49. The lowest BCUT2D eigenvalue weighted by Crippen LogP contribution is -2.32. The number of aryl methyl sites for hydroxylation is 1. The number of carbonyl (C=O) groups is 1. The van der Waals surface area contributed by atoms with Crippen LogP contribution in [0.25, 0.3) is 11.4 Å². The normalized spacial score (nSPS) is 15.8. The van der Waals surface area contributed by atoms with Crippen molar-refractivity contribution in [1.82, 2.24) is 19.9 Å². The van der Waals surface area contributed by atoms with E-state index in [-0.39, 0.29) is 17.6 Å². The zero-order valence-electron chi connectivity index (χ0n) is 16.4. The van der Waals surface area contributed by atoms with Gasteiger partial charge in [0.05, 0.1) is 4.92 Å². The molecular formula is C21H20N6O3. The van der Waals surface area contributed by atoms with Gasteiger partial charge in [-0.3, -0.25) is 19.9 Å². The van der Waals surface area contributed by atoms with Crippen LogP contribution >= 0.6 is 0 Å². The minimum atomic E-state index is -0.440. The molecule has 0 spiro atoms. The predicted octanol–water partition coefficient (Wildman–Crippen LogP) is 3.08. The molecule has 4 rings (SSSR count). The summed E-state index contributed by atoms with van der Waals surface area (Å²) in [5.74, 6) is 0.956. The van der Waals surface area contributed by atoms with Crippen LogP contribution in [0.2, 0.25) is 0 Å². The zero-order valence-corrected chi connectivity index (χ0v) is 16.4. The van der Waals surface area contributed by atoms with Gasteiger partial charge in [-0.15, -0.1) is 0 Å². The number of likely N-dealkylation sites (tertiary alicyclic amines) is 1. The molecule has 1 saturated heterocycles. The summed E-state index contributed by atoms with van der Waals surface area (Å²) in [6, 6.07) is 13.4. The standard InChI is InChI=1S/C21H20N6O3/c1-14-11-19(25-20(23-14)15-5-4-6-17(12-15)27(29)30)24-16-8-10-26(13-16)21(28)18-7-2-3-9-22-18/h2-7,9,11-12,16H,8,10,13H2,1H3,(H,23,24,25). The van der Waals surface area contributed by atoms with Gasteiger partial charge in [0.2, 0.25) is 0 Å². The summed E-state index contributed by atoms with van der Waals surface area (Å²) in [6.07, 6.45) is 2.39. The summed E-state index contributed by atoms with van der Waals surface area (Å²) < 4.78 is 0. The molecule has 1 fully saturated rings. The Morgan fingerprint density at radius 3 is 2.83 bits per heavy atom. The second-order valence-electron chi connectivity index (χ2n) is 7.12. The third-order valence-electron chi connectivity index (χ3n) is 4.88. The first-order valence-corrected chi connectivity index (χ1v) is 9.57. The molecule has 1 amide bonds. The fraction of sp³-hybridized carbons (Fsp3) is 0.238. The van der Waals surface area contributed by atoms with Gasteiger partial charge in [0.15, 0.2) is 5.82 Å². The minimum absolute atomic E-state index is 0.00779. The Morgan fingerprint density at radius 2 is 2.07 bits per heavy atom. The van der Waals surface area contributed by atoms with Crippen molar-refractivity contribution in [2.45, 2.75) is 19.4 Å². The van der Waals surface area contributed by atoms with Crippen LogP contribution in [0, 0.1) is 17.0 Å². The second kappa shape index (κ2) is 8.24. The molecule has 0 radical (unpaired) electrons. The SMILES string of the molecule is Cc1cc(NC2CCN(C(=O)c3ccccn3)C2)nc(-c2cccc([N+](=O)[O-])c2)n1. The van der Waals surface area contributed by atoms with Gasteiger partial charge in [0.1, 0.15) is 11.5 Å². The van der Waals surface area contributed by atoms with E-state index in [1.165, 1.54) is 12.1 Å². The molecule has 0 saturated carbocycles. The smallest absolute Gasteiger partial charge is 0.272 e. The van der Waals surface area contributed by atoms with Crippen LogP contribution in [0.4, 0.5) is 11.5 Å². The lowest BCUT2D eigenvalue weighted by molar-refractivity contribution is -0.384. The molecule has 0 bridgehead atoms. The number of rotatable bonds is 5. The van der Waals surface area contributed by atoms with E-state index in [0.29, 0.717) is 36.0 Å². The van der Waals surface area contributed by atoms with Gasteiger partial charge in [0, 0.05) is 54.8 Å². The van der Waals surface area contributed by atoms with Crippen LogP contribution in [0.5, 0.6) is 0 Å². The Hall–Kier alpha value is -3.88. The van der Waals surface area contributed by atoms with E-state index in [0.717, 1.165) is 12.1 Å². The van der Waals surface area contributed by atoms with Crippen molar-refractivity contribution in [2.75, 3.05) is 18.4 Å². The highest BCUT2D eigenvalue weighted by molar-refractivity contribution is 5.92. The van der Waals surface area contributed by atoms with Crippen molar-refractivity contribution in [3.05, 3.63) is 76.2 Å². The highest BCUT2D eigenvalue weighted by atomic mass is 16.6. The van der Waals surface area contributed by atoms with E-state index >= 15 is 0 Å². The Morgan fingerprint density at radius 1 is 1.20 bits per heavy atom. The van der Waals surface area contributed by atoms with Crippen molar-refractivity contribution in [2.24, 2.45) is 0 Å². The van der Waals surface area contributed by atoms with E-state index in [9.17, 15) is 14.9 Å². The number of carbonyl (C=O) groups excluding carboxylic acids is 1. The number of aromatic nitrogens is 3. The van der Waals surface area contributed by atoms with Crippen molar-refractivity contribution in [1.29, 1.82) is 0 Å². The molecule has 1 unspecified atom stereocenters. The van der Waals surface area contributed by atoms with E-state index in [2.05, 4.69) is 20.3 Å². The first-order chi connectivity index (χ1) is 14.5. The molecule has 1 atom stereocenters. The summed E-state index contributed by atoms with van der Waals surface area (Å²) in [6.45, 7) is 3.03. The molecule has 1 aliphatic rings. The summed E-state index contributed by atoms with van der Waals surface area (Å²) >= 11 is 0. The monoisotopic (exact) mass is 404 g/mol. The van der Waals surface area contributed by atoms with Gasteiger partial charge in [-0.1, -0.05) is 18.2 Å². The third-order valence-corrected chi connectivity index (χ3v) is 4.88. The summed E-state index contributed by atoms with van der Waals surface area (Å²) in [7, 11) is 0. The Bertz CT molecular complexity index is 1090. The number of hydrogen-bond donors (Lipinski definition) is 1. The molecule has 152 valence electrons. The van der Waals surface area contributed by atoms with E-state index in [1.54, 1.807) is 41.4 Å². The maximum Gasteiger partial charge on any atom is 0.272 e. The number of pyridine rings is 1. The van der Waals surface area contributed by atoms with E-state index in [4.69, 9.17) is 0 Å². The van der Waals surface area contributed by atoms with Gasteiger partial charge in [-0.2, -0.15) is 0 Å². The maximum absolute atomic E-state index is 12.6. The highest BCUT2D eigenvalue weighted by Crippen LogP contribution is 2.24. The fourth-order valence-corrected chi connectivity index (χ4v) is 3.45. The lowest BCUT2D eigenvalue weighted by Gasteiger charge is -2.17. The molecule has 1 aliphatic heterocycles. The number of nitrogens with one attached hydrogen (secondary N) is 1. The quantitative estimate of drug-likeness (QED) is 0.513. The van der Waals surface area contributed by atoms with Gasteiger partial charge >= 0.3 is 0 Å². The number of nitro benzene ring substituents is 1. The number of anilines is 1. The van der Waals surface area contributed by atoms with Crippen molar-refractivity contribution < 1.29 is 9.72 Å². The summed E-state index contributed by atoms with van der Waals surface area (Å²) in [4.78, 5) is 38.0. The van der Waals surface area contributed by atoms with Gasteiger partial charge in [-0.05, 0) is 25.5 Å².